The second-order valence-electron chi connectivity index (χ2n) is 4.41. The lowest BCUT2D eigenvalue weighted by Gasteiger charge is -2.25. The minimum absolute atomic E-state index is 0.376. The fourth-order valence-electron chi connectivity index (χ4n) is 2.13. The van der Waals surface area contributed by atoms with Gasteiger partial charge in [0.25, 0.3) is 0 Å². The Hall–Kier alpha value is -0.610. The van der Waals surface area contributed by atoms with Gasteiger partial charge in [-0.15, -0.1) is 0 Å². The molecule has 2 heterocycles. The number of ether oxygens (including phenoxy) is 1. The maximum absolute atomic E-state index is 5.68. The lowest BCUT2D eigenvalue weighted by molar-refractivity contribution is 0.115. The molecule has 0 N–H and O–H groups in total. The molecule has 0 amide bonds. The van der Waals surface area contributed by atoms with Crippen LogP contribution in [0.15, 0.2) is 16.6 Å². The van der Waals surface area contributed by atoms with E-state index in [4.69, 9.17) is 4.74 Å². The second kappa shape index (κ2) is 5.83. The molecule has 4 heteroatoms. The zero-order valence-electron chi connectivity index (χ0n) is 10.4. The van der Waals surface area contributed by atoms with Crippen LogP contribution in [0.1, 0.15) is 25.5 Å². The Balaban J connectivity index is 2.08. The number of anilines is 1. The fourth-order valence-corrected chi connectivity index (χ4v) is 2.35. The molecule has 0 spiro atoms. The number of hydrogen-bond acceptors (Lipinski definition) is 3. The number of likely N-dealkylation sites (N-methyl/N-ethyl adjacent to an activating group) is 1. The zero-order chi connectivity index (χ0) is 12.3. The molecule has 3 nitrogen and oxygen atoms in total. The Kier molecular flexibility index (Phi) is 4.40. The monoisotopic (exact) mass is 298 g/mol. The van der Waals surface area contributed by atoms with Crippen molar-refractivity contribution in [3.05, 3.63) is 22.3 Å². The molecule has 1 aliphatic heterocycles. The largest absolute Gasteiger partial charge is 0.376 e. The van der Waals surface area contributed by atoms with Gasteiger partial charge >= 0.3 is 0 Å². The predicted octanol–water partition coefficient (Wildman–Crippen LogP) is 3.16. The van der Waals surface area contributed by atoms with Gasteiger partial charge in [0.1, 0.15) is 5.82 Å². The summed E-state index contributed by atoms with van der Waals surface area (Å²) >= 11 is 3.48. The first-order valence-corrected chi connectivity index (χ1v) is 6.99. The third-order valence-corrected chi connectivity index (χ3v) is 4.00. The zero-order valence-corrected chi connectivity index (χ0v) is 12.0. The summed E-state index contributed by atoms with van der Waals surface area (Å²) in [6.45, 7) is 7.01. The van der Waals surface area contributed by atoms with Crippen molar-refractivity contribution in [3.63, 3.8) is 0 Å². The van der Waals surface area contributed by atoms with Crippen LogP contribution >= 0.6 is 15.9 Å². The number of nitrogens with zero attached hydrogens (tertiary/aromatic N) is 2. The number of aromatic nitrogens is 1. The molecule has 1 atom stereocenters. The summed E-state index contributed by atoms with van der Waals surface area (Å²) in [6, 6.07) is 4.13. The number of aryl methyl sites for hydroxylation is 1. The molecule has 94 valence electrons. The average molecular weight is 299 g/mol. The first-order valence-electron chi connectivity index (χ1n) is 6.20. The van der Waals surface area contributed by atoms with Gasteiger partial charge in [0.2, 0.25) is 0 Å². The molecule has 1 aromatic rings. The van der Waals surface area contributed by atoms with Crippen LogP contribution in [0.4, 0.5) is 5.82 Å². The Labute approximate surface area is 111 Å². The maximum Gasteiger partial charge on any atom is 0.128 e. The van der Waals surface area contributed by atoms with Crippen LogP contribution in [0.3, 0.4) is 0 Å². The number of halogens is 1. The third kappa shape index (κ3) is 3.19. The SMILES string of the molecule is CCN(CC1CCCO1)c1ccc(Br)c(C)n1. The van der Waals surface area contributed by atoms with Crippen LogP contribution in [-0.2, 0) is 4.74 Å². The smallest absolute Gasteiger partial charge is 0.128 e. The van der Waals surface area contributed by atoms with E-state index in [0.29, 0.717) is 6.10 Å². The molecular weight excluding hydrogens is 280 g/mol. The number of hydrogen-bond donors (Lipinski definition) is 0. The second-order valence-corrected chi connectivity index (χ2v) is 5.26. The lowest BCUT2D eigenvalue weighted by atomic mass is 10.2. The van der Waals surface area contributed by atoms with Crippen LogP contribution in [0.2, 0.25) is 0 Å². The van der Waals surface area contributed by atoms with Crippen molar-refractivity contribution in [3.8, 4) is 0 Å². The normalized spacial score (nSPS) is 19.6. The van der Waals surface area contributed by atoms with Crippen molar-refractivity contribution < 1.29 is 4.74 Å². The van der Waals surface area contributed by atoms with Gasteiger partial charge in [0.05, 0.1) is 11.8 Å². The van der Waals surface area contributed by atoms with E-state index in [1.165, 1.54) is 12.8 Å². The topological polar surface area (TPSA) is 25.4 Å². The van der Waals surface area contributed by atoms with Crippen LogP contribution in [-0.4, -0.2) is 30.8 Å². The highest BCUT2D eigenvalue weighted by Crippen LogP contribution is 2.21. The van der Waals surface area contributed by atoms with Gasteiger partial charge in [-0.3, -0.25) is 0 Å². The van der Waals surface area contributed by atoms with Gasteiger partial charge in [0, 0.05) is 24.2 Å². The highest BCUT2D eigenvalue weighted by atomic mass is 79.9. The Morgan fingerprint density at radius 3 is 2.94 bits per heavy atom. The average Bonchev–Trinajstić information content (AvgIpc) is 2.82. The van der Waals surface area contributed by atoms with E-state index in [-0.39, 0.29) is 0 Å². The summed E-state index contributed by atoms with van der Waals surface area (Å²) in [5, 5.41) is 0. The Morgan fingerprint density at radius 2 is 2.35 bits per heavy atom. The van der Waals surface area contributed by atoms with Crippen LogP contribution < -0.4 is 4.90 Å². The van der Waals surface area contributed by atoms with Crippen molar-refractivity contribution in [2.45, 2.75) is 32.8 Å². The van der Waals surface area contributed by atoms with E-state index < -0.39 is 0 Å². The minimum atomic E-state index is 0.376. The number of rotatable bonds is 4. The van der Waals surface area contributed by atoms with Gasteiger partial charge in [0.15, 0.2) is 0 Å². The summed E-state index contributed by atoms with van der Waals surface area (Å²) < 4.78 is 6.75. The standard InChI is InChI=1S/C13H19BrN2O/c1-3-16(9-11-5-4-8-17-11)13-7-6-12(14)10(2)15-13/h6-7,11H,3-5,8-9H2,1-2H3. The van der Waals surface area contributed by atoms with E-state index in [0.717, 1.165) is 35.7 Å². The predicted molar refractivity (Wildman–Crippen MR) is 73.5 cm³/mol. The first-order chi connectivity index (χ1) is 8.20. The van der Waals surface area contributed by atoms with E-state index in [1.54, 1.807) is 0 Å². The molecule has 1 aliphatic rings. The van der Waals surface area contributed by atoms with Crippen LogP contribution in [0, 0.1) is 6.92 Å². The van der Waals surface area contributed by atoms with Gasteiger partial charge < -0.3 is 9.64 Å². The molecule has 0 radical (unpaired) electrons. The lowest BCUT2D eigenvalue weighted by Crippen LogP contribution is -2.32. The Bertz CT molecular complexity index is 378. The molecule has 0 aliphatic carbocycles. The van der Waals surface area contributed by atoms with Gasteiger partial charge in [-0.25, -0.2) is 4.98 Å². The van der Waals surface area contributed by atoms with Crippen molar-refractivity contribution >= 4 is 21.7 Å². The maximum atomic E-state index is 5.68. The molecule has 0 saturated carbocycles. The van der Waals surface area contributed by atoms with Gasteiger partial charge in [-0.05, 0) is 54.8 Å². The summed E-state index contributed by atoms with van der Waals surface area (Å²) in [7, 11) is 0. The number of pyridine rings is 1. The third-order valence-electron chi connectivity index (χ3n) is 3.16. The molecule has 1 saturated heterocycles. The van der Waals surface area contributed by atoms with E-state index in [1.807, 2.05) is 6.92 Å². The van der Waals surface area contributed by atoms with E-state index in [2.05, 4.69) is 44.9 Å². The quantitative estimate of drug-likeness (QED) is 0.854. The Morgan fingerprint density at radius 1 is 1.53 bits per heavy atom. The molecule has 0 aromatic carbocycles. The summed E-state index contributed by atoms with van der Waals surface area (Å²) in [5.74, 6) is 1.05. The summed E-state index contributed by atoms with van der Waals surface area (Å²) in [5.41, 5.74) is 1.04. The molecule has 0 bridgehead atoms. The molecule has 1 fully saturated rings. The van der Waals surface area contributed by atoms with Crippen LogP contribution in [0.5, 0.6) is 0 Å². The van der Waals surface area contributed by atoms with Crippen molar-refractivity contribution in [2.75, 3.05) is 24.6 Å². The van der Waals surface area contributed by atoms with Crippen molar-refractivity contribution in [1.29, 1.82) is 0 Å². The molecule has 17 heavy (non-hydrogen) atoms. The minimum Gasteiger partial charge on any atom is -0.376 e. The van der Waals surface area contributed by atoms with Gasteiger partial charge in [-0.2, -0.15) is 0 Å². The van der Waals surface area contributed by atoms with Crippen LogP contribution in [0.25, 0.3) is 0 Å². The molecular formula is C13H19BrN2O. The highest BCUT2D eigenvalue weighted by molar-refractivity contribution is 9.10. The van der Waals surface area contributed by atoms with Crippen molar-refractivity contribution in [1.82, 2.24) is 4.98 Å². The van der Waals surface area contributed by atoms with Gasteiger partial charge in [-0.1, -0.05) is 0 Å². The molecule has 1 aromatic heterocycles. The first kappa shape index (κ1) is 12.8. The van der Waals surface area contributed by atoms with E-state index in [9.17, 15) is 0 Å². The molecule has 1 unspecified atom stereocenters. The molecule has 2 rings (SSSR count). The summed E-state index contributed by atoms with van der Waals surface area (Å²) in [4.78, 5) is 6.90. The van der Waals surface area contributed by atoms with E-state index >= 15 is 0 Å². The highest BCUT2D eigenvalue weighted by Gasteiger charge is 2.19. The van der Waals surface area contributed by atoms with Crippen molar-refractivity contribution in [2.24, 2.45) is 0 Å². The fraction of sp³-hybridized carbons (Fsp3) is 0.615. The summed E-state index contributed by atoms with van der Waals surface area (Å²) in [6.07, 6.45) is 2.74.